The molecule has 33 heavy (non-hydrogen) atoms. The van der Waals surface area contributed by atoms with Gasteiger partial charge in [0, 0.05) is 63.7 Å². The van der Waals surface area contributed by atoms with Crippen molar-refractivity contribution in [2.45, 2.75) is 31.4 Å². The summed E-state index contributed by atoms with van der Waals surface area (Å²) in [6.07, 6.45) is 2.85. The zero-order valence-electron chi connectivity index (χ0n) is 18.5. The highest BCUT2D eigenvalue weighted by molar-refractivity contribution is 6.31. The number of aromatic nitrogens is 1. The number of nitrogens with one attached hydrogen (secondary N) is 1. The van der Waals surface area contributed by atoms with Gasteiger partial charge >= 0.3 is 0 Å². The van der Waals surface area contributed by atoms with Crippen LogP contribution in [0.3, 0.4) is 0 Å². The van der Waals surface area contributed by atoms with Crippen LogP contribution < -0.4 is 15.0 Å². The first-order chi connectivity index (χ1) is 15.9. The highest BCUT2D eigenvalue weighted by Gasteiger charge is 2.35. The van der Waals surface area contributed by atoms with Gasteiger partial charge < -0.3 is 19.9 Å². The summed E-state index contributed by atoms with van der Waals surface area (Å²) in [5, 5.41) is 3.03. The van der Waals surface area contributed by atoms with Crippen LogP contribution in [0.4, 0.5) is 14.6 Å². The van der Waals surface area contributed by atoms with E-state index in [9.17, 15) is 9.18 Å². The fraction of sp³-hybridized carbons (Fsp3) is 0.500. The van der Waals surface area contributed by atoms with Gasteiger partial charge in [-0.25, -0.2) is 8.78 Å². The molecule has 1 aromatic heterocycles. The Kier molecular flexibility index (Phi) is 7.65. The molecule has 1 amide bonds. The zero-order chi connectivity index (χ0) is 23.3. The number of rotatable bonds is 8. The zero-order valence-corrected chi connectivity index (χ0v) is 19.3. The molecule has 0 spiro atoms. The van der Waals surface area contributed by atoms with Crippen molar-refractivity contribution < 1.29 is 18.3 Å². The highest BCUT2D eigenvalue weighted by Crippen LogP contribution is 2.27. The molecule has 0 unspecified atom stereocenters. The second-order valence-corrected chi connectivity index (χ2v) is 9.03. The molecule has 0 atom stereocenters. The maximum absolute atomic E-state index is 15.2. The molecule has 2 aliphatic rings. The lowest BCUT2D eigenvalue weighted by Crippen LogP contribution is -2.49. The number of likely N-dealkylation sites (tertiary alicyclic amines) is 1. The largest absolute Gasteiger partial charge is 0.476 e. The van der Waals surface area contributed by atoms with E-state index >= 15 is 4.39 Å². The number of piperidine rings is 1. The van der Waals surface area contributed by atoms with E-state index < -0.39 is 11.5 Å². The Labute approximate surface area is 197 Å². The van der Waals surface area contributed by atoms with Gasteiger partial charge in [0.05, 0.1) is 5.02 Å². The number of benzene rings is 1. The van der Waals surface area contributed by atoms with Gasteiger partial charge in [0.25, 0.3) is 5.91 Å². The van der Waals surface area contributed by atoms with Gasteiger partial charge in [-0.3, -0.25) is 4.79 Å². The number of halogens is 3. The molecule has 6 nitrogen and oxygen atoms in total. The van der Waals surface area contributed by atoms with Crippen molar-refractivity contribution in [3.05, 3.63) is 52.8 Å². The number of hydrogen-bond acceptors (Lipinski definition) is 5. The molecule has 0 radical (unpaired) electrons. The summed E-state index contributed by atoms with van der Waals surface area (Å²) in [7, 11) is 0. The Bertz CT molecular complexity index is 963. The number of carbonyl (C=O) groups excluding carboxylic acids is 1. The van der Waals surface area contributed by atoms with Gasteiger partial charge in [-0.2, -0.15) is 4.98 Å². The third-order valence-electron chi connectivity index (χ3n) is 6.22. The van der Waals surface area contributed by atoms with Crippen molar-refractivity contribution in [3.8, 4) is 5.88 Å². The van der Waals surface area contributed by atoms with Crippen LogP contribution in [-0.4, -0.2) is 67.3 Å². The van der Waals surface area contributed by atoms with Crippen molar-refractivity contribution in [1.82, 2.24) is 15.2 Å². The minimum Gasteiger partial charge on any atom is -0.476 e. The van der Waals surface area contributed by atoms with Crippen LogP contribution in [0.2, 0.25) is 5.02 Å². The molecule has 2 fully saturated rings. The Morgan fingerprint density at radius 2 is 1.91 bits per heavy atom. The molecule has 3 heterocycles. The second-order valence-electron chi connectivity index (χ2n) is 8.63. The number of pyridine rings is 1. The van der Waals surface area contributed by atoms with Crippen LogP contribution in [-0.2, 0) is 0 Å². The molecule has 0 bridgehead atoms. The molecule has 0 saturated carbocycles. The van der Waals surface area contributed by atoms with Crippen LogP contribution in [0, 0.1) is 5.82 Å². The van der Waals surface area contributed by atoms with Gasteiger partial charge in [0.15, 0.2) is 0 Å². The lowest BCUT2D eigenvalue weighted by Gasteiger charge is -2.36. The summed E-state index contributed by atoms with van der Waals surface area (Å²) in [5.74, 6) is 0.678. The number of hydrogen-bond donors (Lipinski definition) is 1. The Morgan fingerprint density at radius 3 is 2.64 bits per heavy atom. The number of ether oxygens (including phenoxy) is 1. The van der Waals surface area contributed by atoms with Crippen molar-refractivity contribution >= 4 is 23.3 Å². The smallest absolute Gasteiger partial charge is 0.253 e. The van der Waals surface area contributed by atoms with Crippen LogP contribution in [0.1, 0.15) is 36.0 Å². The number of anilines is 1. The predicted molar refractivity (Wildman–Crippen MR) is 124 cm³/mol. The third kappa shape index (κ3) is 6.12. The molecule has 1 aromatic carbocycles. The lowest BCUT2D eigenvalue weighted by molar-refractivity contribution is 0.0433. The minimum absolute atomic E-state index is 0.0953. The highest BCUT2D eigenvalue weighted by atomic mass is 35.5. The molecule has 9 heteroatoms. The Balaban J connectivity index is 1.17. The summed E-state index contributed by atoms with van der Waals surface area (Å²) < 4.78 is 34.2. The summed E-state index contributed by atoms with van der Waals surface area (Å²) in [6.45, 7) is 3.74. The third-order valence-corrected chi connectivity index (χ3v) is 6.51. The molecular weight excluding hydrogens is 450 g/mol. The Hall–Kier alpha value is -2.45. The maximum atomic E-state index is 15.2. The molecule has 2 aliphatic heterocycles. The summed E-state index contributed by atoms with van der Waals surface area (Å²) >= 11 is 5.77. The van der Waals surface area contributed by atoms with E-state index in [1.165, 1.54) is 31.0 Å². The van der Waals surface area contributed by atoms with Crippen molar-refractivity contribution in [2.75, 3.05) is 50.8 Å². The van der Waals surface area contributed by atoms with Gasteiger partial charge in [0.1, 0.15) is 23.9 Å². The number of nitrogens with zero attached hydrogens (tertiary/aromatic N) is 3. The van der Waals surface area contributed by atoms with E-state index in [4.69, 9.17) is 16.3 Å². The molecule has 2 aromatic rings. The molecule has 1 N–H and O–H groups in total. The van der Waals surface area contributed by atoms with Crippen molar-refractivity contribution in [1.29, 1.82) is 0 Å². The van der Waals surface area contributed by atoms with E-state index in [1.54, 1.807) is 4.90 Å². The van der Waals surface area contributed by atoms with E-state index in [0.29, 0.717) is 37.7 Å². The Morgan fingerprint density at radius 1 is 1.15 bits per heavy atom. The van der Waals surface area contributed by atoms with Crippen LogP contribution >= 0.6 is 11.6 Å². The molecule has 2 saturated heterocycles. The van der Waals surface area contributed by atoms with Gasteiger partial charge in [0.2, 0.25) is 5.88 Å². The minimum atomic E-state index is -1.38. The number of amides is 1. The maximum Gasteiger partial charge on any atom is 0.253 e. The van der Waals surface area contributed by atoms with Crippen LogP contribution in [0.15, 0.2) is 36.4 Å². The monoisotopic (exact) mass is 478 g/mol. The fourth-order valence-electron chi connectivity index (χ4n) is 4.25. The van der Waals surface area contributed by atoms with Crippen molar-refractivity contribution in [2.24, 2.45) is 0 Å². The molecular formula is C24H29ClF2N4O2. The number of carbonyl (C=O) groups is 1. The quantitative estimate of drug-likeness (QED) is 0.579. The molecule has 178 valence electrons. The van der Waals surface area contributed by atoms with Crippen LogP contribution in [0.5, 0.6) is 5.88 Å². The standard InChI is InChI=1S/C24H29ClF2N4O2/c25-19-16-18(6-7-20(19)26)23(32)31-13-8-24(27,9-14-31)17-28-10-15-33-22-5-3-4-21(29-22)30-11-1-2-12-30/h3-7,16,28H,1-2,8-15,17H2. The second kappa shape index (κ2) is 10.7. The topological polar surface area (TPSA) is 57.7 Å². The summed E-state index contributed by atoms with van der Waals surface area (Å²) in [6, 6.07) is 9.65. The fourth-order valence-corrected chi connectivity index (χ4v) is 4.43. The van der Waals surface area contributed by atoms with E-state index in [1.807, 2.05) is 18.2 Å². The van der Waals surface area contributed by atoms with Gasteiger partial charge in [-0.15, -0.1) is 0 Å². The SMILES string of the molecule is O=C(c1ccc(F)c(Cl)c1)N1CCC(F)(CNCCOc2cccc(N3CCCC3)n2)CC1. The average Bonchev–Trinajstić information content (AvgIpc) is 3.36. The van der Waals surface area contributed by atoms with Crippen LogP contribution in [0.25, 0.3) is 0 Å². The number of alkyl halides is 1. The first-order valence-corrected chi connectivity index (χ1v) is 11.8. The van der Waals surface area contributed by atoms with E-state index in [2.05, 4.69) is 15.2 Å². The molecule has 4 rings (SSSR count). The lowest BCUT2D eigenvalue weighted by atomic mass is 9.93. The normalized spacial score (nSPS) is 17.9. The summed E-state index contributed by atoms with van der Waals surface area (Å²) in [4.78, 5) is 21.0. The van der Waals surface area contributed by atoms with Gasteiger partial charge in [-0.1, -0.05) is 17.7 Å². The summed E-state index contributed by atoms with van der Waals surface area (Å²) in [5.41, 5.74) is -1.07. The first-order valence-electron chi connectivity index (χ1n) is 11.4. The predicted octanol–water partition coefficient (Wildman–Crippen LogP) is 4.09. The van der Waals surface area contributed by atoms with E-state index in [0.717, 1.165) is 18.9 Å². The molecule has 0 aliphatic carbocycles. The van der Waals surface area contributed by atoms with Crippen molar-refractivity contribution in [3.63, 3.8) is 0 Å². The van der Waals surface area contributed by atoms with Gasteiger partial charge in [-0.05, 0) is 37.1 Å². The first kappa shape index (κ1) is 23.7. The average molecular weight is 479 g/mol. The van der Waals surface area contributed by atoms with E-state index in [-0.39, 0.29) is 30.3 Å².